The quantitative estimate of drug-likeness (QED) is 0.842. The molecule has 1 unspecified atom stereocenters. The van der Waals surface area contributed by atoms with E-state index in [2.05, 4.69) is 10.4 Å². The fourth-order valence-corrected chi connectivity index (χ4v) is 2.62. The van der Waals surface area contributed by atoms with Crippen molar-refractivity contribution in [3.8, 4) is 0 Å². The van der Waals surface area contributed by atoms with Gasteiger partial charge in [-0.3, -0.25) is 4.79 Å². The number of carbonyl (C=O) groups excluding carboxylic acids is 1. The van der Waals surface area contributed by atoms with Crippen molar-refractivity contribution in [3.63, 3.8) is 0 Å². The lowest BCUT2D eigenvalue weighted by atomic mass is 10.1. The van der Waals surface area contributed by atoms with E-state index in [0.717, 1.165) is 5.56 Å². The van der Waals surface area contributed by atoms with Crippen LogP contribution < -0.4 is 5.32 Å². The van der Waals surface area contributed by atoms with Crippen molar-refractivity contribution in [2.75, 3.05) is 6.54 Å². The molecule has 5 nitrogen and oxygen atoms in total. The van der Waals surface area contributed by atoms with Crippen LogP contribution in [0, 0.1) is 19.8 Å². The van der Waals surface area contributed by atoms with Crippen molar-refractivity contribution in [2.45, 2.75) is 40.3 Å². The van der Waals surface area contributed by atoms with Crippen LogP contribution in [-0.4, -0.2) is 33.4 Å². The molecule has 6 heteroatoms. The highest BCUT2D eigenvalue weighted by Crippen LogP contribution is 2.21. The number of halogens is 1. The summed E-state index contributed by atoms with van der Waals surface area (Å²) in [6, 6.07) is 8.09. The van der Waals surface area contributed by atoms with Crippen molar-refractivity contribution in [1.82, 2.24) is 15.1 Å². The number of hydrogen-bond donors (Lipinski definition) is 2. The van der Waals surface area contributed by atoms with Crippen molar-refractivity contribution in [1.29, 1.82) is 0 Å². The van der Waals surface area contributed by atoms with Crippen LogP contribution in [-0.2, 0) is 6.54 Å². The molecule has 0 aliphatic carbocycles. The molecule has 1 aromatic heterocycles. The molecule has 1 amide bonds. The molecule has 130 valence electrons. The number of nitrogens with one attached hydrogen (secondary N) is 1. The molecule has 0 fully saturated rings. The van der Waals surface area contributed by atoms with Crippen LogP contribution in [0.1, 0.15) is 41.0 Å². The number of nitrogens with zero attached hydrogens (tertiary/aromatic N) is 2. The monoisotopic (exact) mass is 349 g/mol. The maximum absolute atomic E-state index is 12.4. The fraction of sp³-hybridized carbons (Fsp3) is 0.444. The van der Waals surface area contributed by atoms with E-state index in [0.29, 0.717) is 23.0 Å². The zero-order chi connectivity index (χ0) is 17.9. The van der Waals surface area contributed by atoms with Gasteiger partial charge in [0.15, 0.2) is 0 Å². The van der Waals surface area contributed by atoms with Gasteiger partial charge in [0, 0.05) is 6.54 Å². The fourth-order valence-electron chi connectivity index (χ4n) is 2.30. The molecule has 2 aromatic rings. The molecule has 2 N–H and O–H groups in total. The van der Waals surface area contributed by atoms with E-state index in [-0.39, 0.29) is 18.4 Å². The summed E-state index contributed by atoms with van der Waals surface area (Å²) in [7, 11) is 0. The van der Waals surface area contributed by atoms with Gasteiger partial charge in [-0.15, -0.1) is 0 Å². The predicted octanol–water partition coefficient (Wildman–Crippen LogP) is 2.95. The van der Waals surface area contributed by atoms with Crippen molar-refractivity contribution in [3.05, 3.63) is 51.8 Å². The minimum absolute atomic E-state index is 0.0751. The van der Waals surface area contributed by atoms with Crippen LogP contribution in [0.2, 0.25) is 5.15 Å². The van der Waals surface area contributed by atoms with Crippen molar-refractivity contribution >= 4 is 17.5 Å². The smallest absolute Gasteiger partial charge is 0.256 e. The Morgan fingerprint density at radius 2 is 1.92 bits per heavy atom. The second-order valence-corrected chi connectivity index (χ2v) is 6.77. The molecule has 2 rings (SSSR count). The van der Waals surface area contributed by atoms with E-state index in [1.807, 2.05) is 45.0 Å². The molecule has 0 bridgehead atoms. The van der Waals surface area contributed by atoms with Gasteiger partial charge in [0.2, 0.25) is 0 Å². The third kappa shape index (κ3) is 4.36. The number of aliphatic hydroxyl groups excluding tert-OH is 1. The molecular weight excluding hydrogens is 326 g/mol. The van der Waals surface area contributed by atoms with Crippen molar-refractivity contribution in [2.24, 2.45) is 5.92 Å². The second kappa shape index (κ2) is 7.81. The van der Waals surface area contributed by atoms with Crippen LogP contribution in [0.5, 0.6) is 0 Å². The highest BCUT2D eigenvalue weighted by Gasteiger charge is 2.21. The number of aryl methyl sites for hydroxylation is 2. The number of carbonyl (C=O) groups is 1. The van der Waals surface area contributed by atoms with Gasteiger partial charge in [0.05, 0.1) is 23.9 Å². The third-order valence-corrected chi connectivity index (χ3v) is 4.37. The largest absolute Gasteiger partial charge is 0.391 e. The molecule has 0 spiro atoms. The number of benzene rings is 1. The molecule has 1 aromatic carbocycles. The van der Waals surface area contributed by atoms with E-state index in [4.69, 9.17) is 11.6 Å². The summed E-state index contributed by atoms with van der Waals surface area (Å²) in [5.74, 6) is -0.238. The Labute approximate surface area is 147 Å². The van der Waals surface area contributed by atoms with E-state index in [1.54, 1.807) is 11.6 Å². The van der Waals surface area contributed by atoms with E-state index < -0.39 is 6.10 Å². The second-order valence-electron chi connectivity index (χ2n) is 6.42. The zero-order valence-corrected chi connectivity index (χ0v) is 15.3. The average molecular weight is 350 g/mol. The van der Waals surface area contributed by atoms with Gasteiger partial charge in [0.1, 0.15) is 5.15 Å². The third-order valence-electron chi connectivity index (χ3n) is 3.99. The number of aliphatic hydroxyl groups is 1. The van der Waals surface area contributed by atoms with Gasteiger partial charge in [-0.2, -0.15) is 5.10 Å². The first-order valence-corrected chi connectivity index (χ1v) is 8.42. The van der Waals surface area contributed by atoms with E-state index in [1.165, 1.54) is 5.56 Å². The minimum Gasteiger partial charge on any atom is -0.391 e. The summed E-state index contributed by atoms with van der Waals surface area (Å²) >= 11 is 6.36. The highest BCUT2D eigenvalue weighted by atomic mass is 35.5. The van der Waals surface area contributed by atoms with Crippen LogP contribution in [0.25, 0.3) is 0 Å². The van der Waals surface area contributed by atoms with Gasteiger partial charge in [0.25, 0.3) is 5.91 Å². The lowest BCUT2D eigenvalue weighted by molar-refractivity contribution is 0.0871. The molecule has 0 radical (unpaired) electrons. The summed E-state index contributed by atoms with van der Waals surface area (Å²) in [6.07, 6.45) is -0.587. The summed E-state index contributed by atoms with van der Waals surface area (Å²) in [5.41, 5.74) is 3.18. The Morgan fingerprint density at radius 3 is 2.50 bits per heavy atom. The van der Waals surface area contributed by atoms with Gasteiger partial charge >= 0.3 is 0 Å². The van der Waals surface area contributed by atoms with Gasteiger partial charge < -0.3 is 10.4 Å². The van der Waals surface area contributed by atoms with Gasteiger partial charge in [-0.1, -0.05) is 55.3 Å². The molecular formula is C18H24ClN3O2. The average Bonchev–Trinajstić information content (AvgIpc) is 2.81. The topological polar surface area (TPSA) is 67.2 Å². The Balaban J connectivity index is 2.13. The first kappa shape index (κ1) is 18.5. The number of rotatable bonds is 6. The molecule has 0 saturated heterocycles. The highest BCUT2D eigenvalue weighted by molar-refractivity contribution is 6.33. The zero-order valence-electron chi connectivity index (χ0n) is 14.5. The van der Waals surface area contributed by atoms with Crippen LogP contribution in [0.15, 0.2) is 24.3 Å². The molecule has 24 heavy (non-hydrogen) atoms. The van der Waals surface area contributed by atoms with Crippen LogP contribution in [0.3, 0.4) is 0 Å². The Hall–Kier alpha value is -1.85. The van der Waals surface area contributed by atoms with Crippen LogP contribution >= 0.6 is 11.6 Å². The first-order chi connectivity index (χ1) is 11.3. The molecule has 0 saturated carbocycles. The maximum atomic E-state index is 12.4. The molecule has 1 heterocycles. The lowest BCUT2D eigenvalue weighted by Crippen LogP contribution is -2.35. The van der Waals surface area contributed by atoms with E-state index >= 15 is 0 Å². The van der Waals surface area contributed by atoms with Crippen molar-refractivity contribution < 1.29 is 9.90 Å². The molecule has 0 aliphatic rings. The standard InChI is InChI=1S/C18H24ClN3O2/c1-11(2)15(23)9-20-18(24)16-13(4)21-22(17(16)19)10-14-7-5-12(3)6-8-14/h5-8,11,15,23H,9-10H2,1-4H3,(H,20,24). The summed E-state index contributed by atoms with van der Waals surface area (Å²) in [4.78, 5) is 12.4. The first-order valence-electron chi connectivity index (χ1n) is 8.04. The van der Waals surface area contributed by atoms with E-state index in [9.17, 15) is 9.90 Å². The van der Waals surface area contributed by atoms with Gasteiger partial charge in [-0.25, -0.2) is 4.68 Å². The number of aromatic nitrogens is 2. The summed E-state index contributed by atoms with van der Waals surface area (Å²) in [5, 5.41) is 17.2. The maximum Gasteiger partial charge on any atom is 0.256 e. The summed E-state index contributed by atoms with van der Waals surface area (Å²) in [6.45, 7) is 8.27. The SMILES string of the molecule is Cc1ccc(Cn2nc(C)c(C(=O)NCC(O)C(C)C)c2Cl)cc1. The van der Waals surface area contributed by atoms with Gasteiger partial charge in [-0.05, 0) is 25.3 Å². The molecule has 1 atom stereocenters. The number of hydrogen-bond acceptors (Lipinski definition) is 3. The normalized spacial score (nSPS) is 12.5. The Morgan fingerprint density at radius 1 is 1.29 bits per heavy atom. The Kier molecular flexibility index (Phi) is 6.02. The van der Waals surface area contributed by atoms with Crippen LogP contribution in [0.4, 0.5) is 0 Å². The number of amides is 1. The Bertz CT molecular complexity index is 708. The molecule has 0 aliphatic heterocycles. The predicted molar refractivity (Wildman–Crippen MR) is 95.4 cm³/mol. The summed E-state index contributed by atoms with van der Waals surface area (Å²) < 4.78 is 1.62. The lowest BCUT2D eigenvalue weighted by Gasteiger charge is -2.15. The minimum atomic E-state index is -0.587.